The molecule has 18 heavy (non-hydrogen) atoms. The van der Waals surface area contributed by atoms with Crippen LogP contribution in [0.15, 0.2) is 30.5 Å². The zero-order chi connectivity index (χ0) is 12.2. The molecule has 0 aliphatic carbocycles. The van der Waals surface area contributed by atoms with Crippen LogP contribution >= 0.6 is 11.8 Å². The molecule has 0 amide bonds. The van der Waals surface area contributed by atoms with Gasteiger partial charge in [0.15, 0.2) is 0 Å². The van der Waals surface area contributed by atoms with E-state index in [1.165, 1.54) is 47.4 Å². The summed E-state index contributed by atoms with van der Waals surface area (Å²) in [6, 6.07) is 8.66. The largest absolute Gasteiger partial charge is 0.361 e. The van der Waals surface area contributed by atoms with E-state index in [0.717, 1.165) is 12.5 Å². The maximum Gasteiger partial charge on any atom is 0.0457 e. The van der Waals surface area contributed by atoms with E-state index in [9.17, 15) is 0 Å². The molecule has 1 fully saturated rings. The van der Waals surface area contributed by atoms with Crippen LogP contribution in [0.4, 0.5) is 0 Å². The summed E-state index contributed by atoms with van der Waals surface area (Å²) in [6.45, 7) is 2.15. The highest BCUT2D eigenvalue weighted by Gasteiger charge is 2.13. The standard InChI is InChI=1S/C15H20N2S/c1-2-13(14-4-7-17-15(14)3-1)11-16-10-12-5-8-18-9-6-12/h1-4,7,12,16-17H,5-6,8-11H2. The highest BCUT2D eigenvalue weighted by Crippen LogP contribution is 2.22. The zero-order valence-corrected chi connectivity index (χ0v) is 11.4. The molecule has 1 aliphatic rings. The van der Waals surface area contributed by atoms with Crippen LogP contribution in [0.5, 0.6) is 0 Å². The molecule has 0 bridgehead atoms. The molecule has 96 valence electrons. The second-order valence-electron chi connectivity index (χ2n) is 5.04. The van der Waals surface area contributed by atoms with E-state index in [2.05, 4.69) is 46.3 Å². The van der Waals surface area contributed by atoms with Crippen molar-refractivity contribution in [2.24, 2.45) is 5.92 Å². The first-order chi connectivity index (χ1) is 8.93. The first kappa shape index (κ1) is 12.1. The fourth-order valence-corrected chi connectivity index (χ4v) is 3.87. The van der Waals surface area contributed by atoms with Crippen molar-refractivity contribution in [3.05, 3.63) is 36.0 Å². The minimum absolute atomic E-state index is 0.886. The predicted octanol–water partition coefficient (Wildman–Crippen LogP) is 3.40. The van der Waals surface area contributed by atoms with Crippen LogP contribution in [0.3, 0.4) is 0 Å². The number of aromatic amines is 1. The number of thioether (sulfide) groups is 1. The summed E-state index contributed by atoms with van der Waals surface area (Å²) in [4.78, 5) is 3.27. The molecule has 0 saturated carbocycles. The quantitative estimate of drug-likeness (QED) is 0.882. The fourth-order valence-electron chi connectivity index (χ4n) is 2.67. The summed E-state index contributed by atoms with van der Waals surface area (Å²) in [5.74, 6) is 3.58. The average molecular weight is 260 g/mol. The third-order valence-corrected chi connectivity index (χ3v) is 4.82. The van der Waals surface area contributed by atoms with Gasteiger partial charge >= 0.3 is 0 Å². The summed E-state index contributed by atoms with van der Waals surface area (Å²) < 4.78 is 0. The molecule has 2 heterocycles. The molecule has 1 aromatic carbocycles. The van der Waals surface area contributed by atoms with Gasteiger partial charge in [-0.15, -0.1) is 0 Å². The van der Waals surface area contributed by atoms with Crippen molar-refractivity contribution in [1.29, 1.82) is 0 Å². The predicted molar refractivity (Wildman–Crippen MR) is 80.1 cm³/mol. The summed E-state index contributed by atoms with van der Waals surface area (Å²) >= 11 is 2.10. The fraction of sp³-hybridized carbons (Fsp3) is 0.467. The highest BCUT2D eigenvalue weighted by atomic mass is 32.2. The van der Waals surface area contributed by atoms with Crippen molar-refractivity contribution in [1.82, 2.24) is 10.3 Å². The molecule has 0 spiro atoms. The summed E-state index contributed by atoms with van der Waals surface area (Å²) in [5.41, 5.74) is 2.64. The van der Waals surface area contributed by atoms with Gasteiger partial charge in [-0.2, -0.15) is 11.8 Å². The topological polar surface area (TPSA) is 27.8 Å². The van der Waals surface area contributed by atoms with Crippen LogP contribution in [-0.2, 0) is 6.54 Å². The number of hydrogen-bond donors (Lipinski definition) is 2. The van der Waals surface area contributed by atoms with E-state index in [-0.39, 0.29) is 0 Å². The lowest BCUT2D eigenvalue weighted by Crippen LogP contribution is -2.25. The molecule has 2 nitrogen and oxygen atoms in total. The van der Waals surface area contributed by atoms with Crippen LogP contribution < -0.4 is 5.32 Å². The van der Waals surface area contributed by atoms with Gasteiger partial charge in [-0.1, -0.05) is 12.1 Å². The van der Waals surface area contributed by atoms with Crippen LogP contribution in [0.2, 0.25) is 0 Å². The number of fused-ring (bicyclic) bond motifs is 1. The van der Waals surface area contributed by atoms with E-state index < -0.39 is 0 Å². The third-order valence-electron chi connectivity index (χ3n) is 3.77. The minimum atomic E-state index is 0.886. The van der Waals surface area contributed by atoms with Crippen LogP contribution in [0, 0.1) is 5.92 Å². The van der Waals surface area contributed by atoms with Crippen molar-refractivity contribution in [2.75, 3.05) is 18.1 Å². The summed E-state index contributed by atoms with van der Waals surface area (Å²) in [7, 11) is 0. The third kappa shape index (κ3) is 2.73. The Morgan fingerprint density at radius 3 is 3.00 bits per heavy atom. The zero-order valence-electron chi connectivity index (χ0n) is 10.6. The Morgan fingerprint density at radius 1 is 1.22 bits per heavy atom. The van der Waals surface area contributed by atoms with Crippen molar-refractivity contribution in [3.8, 4) is 0 Å². The lowest BCUT2D eigenvalue weighted by atomic mass is 10.0. The lowest BCUT2D eigenvalue weighted by molar-refractivity contribution is 0.448. The number of aromatic nitrogens is 1. The molecule has 1 aromatic heterocycles. The Bertz CT molecular complexity index is 500. The van der Waals surface area contributed by atoms with Crippen molar-refractivity contribution >= 4 is 22.7 Å². The van der Waals surface area contributed by atoms with Gasteiger partial charge < -0.3 is 10.3 Å². The SMILES string of the molecule is c1cc(CNCC2CCSCC2)c2cc[nH]c2c1. The second kappa shape index (κ2) is 5.81. The lowest BCUT2D eigenvalue weighted by Gasteiger charge is -2.21. The van der Waals surface area contributed by atoms with Gasteiger partial charge in [0.2, 0.25) is 0 Å². The Hall–Kier alpha value is -0.930. The molecule has 2 N–H and O–H groups in total. The van der Waals surface area contributed by atoms with Gasteiger partial charge in [-0.3, -0.25) is 0 Å². The minimum Gasteiger partial charge on any atom is -0.361 e. The monoisotopic (exact) mass is 260 g/mol. The number of rotatable bonds is 4. The van der Waals surface area contributed by atoms with Gasteiger partial charge in [0, 0.05) is 23.6 Å². The molecule has 3 heteroatoms. The van der Waals surface area contributed by atoms with E-state index >= 15 is 0 Å². The molecule has 0 radical (unpaired) electrons. The smallest absolute Gasteiger partial charge is 0.0457 e. The molecular weight excluding hydrogens is 240 g/mol. The maximum atomic E-state index is 3.63. The Balaban J connectivity index is 1.57. The van der Waals surface area contributed by atoms with Gasteiger partial charge in [0.05, 0.1) is 0 Å². The molecule has 0 atom stereocenters. The highest BCUT2D eigenvalue weighted by molar-refractivity contribution is 7.99. The van der Waals surface area contributed by atoms with E-state index in [4.69, 9.17) is 0 Å². The Morgan fingerprint density at radius 2 is 2.11 bits per heavy atom. The number of nitrogens with one attached hydrogen (secondary N) is 2. The second-order valence-corrected chi connectivity index (χ2v) is 6.27. The summed E-state index contributed by atoms with van der Waals surface area (Å²) in [5, 5.41) is 4.98. The van der Waals surface area contributed by atoms with E-state index in [1.54, 1.807) is 0 Å². The van der Waals surface area contributed by atoms with Crippen molar-refractivity contribution in [3.63, 3.8) is 0 Å². The average Bonchev–Trinajstić information content (AvgIpc) is 2.89. The number of hydrogen-bond acceptors (Lipinski definition) is 2. The van der Waals surface area contributed by atoms with Gasteiger partial charge in [0.1, 0.15) is 0 Å². The van der Waals surface area contributed by atoms with Gasteiger partial charge in [-0.25, -0.2) is 0 Å². The molecule has 3 rings (SSSR count). The molecular formula is C15H20N2S. The molecule has 2 aromatic rings. The molecule has 1 aliphatic heterocycles. The van der Waals surface area contributed by atoms with Crippen molar-refractivity contribution < 1.29 is 0 Å². The van der Waals surface area contributed by atoms with Crippen LogP contribution in [-0.4, -0.2) is 23.0 Å². The normalized spacial score (nSPS) is 17.3. The van der Waals surface area contributed by atoms with Crippen molar-refractivity contribution in [2.45, 2.75) is 19.4 Å². The molecule has 0 unspecified atom stereocenters. The first-order valence-electron chi connectivity index (χ1n) is 6.77. The van der Waals surface area contributed by atoms with E-state index in [1.807, 2.05) is 6.20 Å². The van der Waals surface area contributed by atoms with Crippen LogP contribution in [0.25, 0.3) is 10.9 Å². The van der Waals surface area contributed by atoms with Gasteiger partial charge in [-0.05, 0) is 54.5 Å². The number of benzene rings is 1. The van der Waals surface area contributed by atoms with Gasteiger partial charge in [0.25, 0.3) is 0 Å². The molecule has 1 saturated heterocycles. The Kier molecular flexibility index (Phi) is 3.91. The van der Waals surface area contributed by atoms with E-state index in [0.29, 0.717) is 0 Å². The number of H-pyrrole nitrogens is 1. The maximum absolute atomic E-state index is 3.63. The Labute approximate surface area is 113 Å². The first-order valence-corrected chi connectivity index (χ1v) is 7.92. The van der Waals surface area contributed by atoms with Crippen LogP contribution in [0.1, 0.15) is 18.4 Å². The summed E-state index contributed by atoms with van der Waals surface area (Å²) in [6.07, 6.45) is 4.78.